The molecule has 0 atom stereocenters. The number of hydrogen-bond acceptors (Lipinski definition) is 7. The molecule has 0 saturated carbocycles. The van der Waals surface area contributed by atoms with E-state index in [1.807, 2.05) is 0 Å². The number of hydrogen-bond donors (Lipinski definition) is 0. The fourth-order valence-electron chi connectivity index (χ4n) is 2.49. The van der Waals surface area contributed by atoms with Crippen molar-refractivity contribution in [3.63, 3.8) is 0 Å². The van der Waals surface area contributed by atoms with Crippen LogP contribution in [0.2, 0.25) is 0 Å². The third-order valence-electron chi connectivity index (χ3n) is 3.94. The zero-order chi connectivity index (χ0) is 18.8. The third-order valence-corrected chi connectivity index (χ3v) is 7.76. The largest absolute Gasteiger partial charge is 0.497 e. The van der Waals surface area contributed by atoms with E-state index in [9.17, 15) is 26.9 Å². The zero-order valence-electron chi connectivity index (χ0n) is 13.8. The monoisotopic (exact) mass is 393 g/mol. The SMILES string of the molecule is CCS(=O)(=O)N1CCN(S(=O)(=O)c2ccc(OC)cc2[N+](=O)[O-])CC1. The van der Waals surface area contributed by atoms with Gasteiger partial charge >= 0.3 is 0 Å². The molecule has 0 radical (unpaired) electrons. The molecule has 1 fully saturated rings. The lowest BCUT2D eigenvalue weighted by molar-refractivity contribution is -0.387. The third kappa shape index (κ3) is 3.92. The van der Waals surface area contributed by atoms with Crippen LogP contribution in [0, 0.1) is 10.1 Å². The molecule has 2 rings (SSSR count). The second-order valence-corrected chi connectivity index (χ2v) is 9.46. The summed E-state index contributed by atoms with van der Waals surface area (Å²) in [5, 5.41) is 11.2. The molecule has 0 N–H and O–H groups in total. The summed E-state index contributed by atoms with van der Waals surface area (Å²) >= 11 is 0. The highest BCUT2D eigenvalue weighted by molar-refractivity contribution is 7.89. The number of nitro benzene ring substituents is 1. The van der Waals surface area contributed by atoms with Gasteiger partial charge in [0.2, 0.25) is 20.0 Å². The predicted molar refractivity (Wildman–Crippen MR) is 89.4 cm³/mol. The van der Waals surface area contributed by atoms with E-state index in [4.69, 9.17) is 4.74 Å². The molecule has 0 aromatic heterocycles. The van der Waals surface area contributed by atoms with Crippen LogP contribution in [0.15, 0.2) is 23.1 Å². The molecule has 0 unspecified atom stereocenters. The van der Waals surface area contributed by atoms with E-state index in [0.717, 1.165) is 16.4 Å². The molecule has 0 bridgehead atoms. The Balaban J connectivity index is 2.31. The van der Waals surface area contributed by atoms with Crippen LogP contribution in [0.3, 0.4) is 0 Å². The summed E-state index contributed by atoms with van der Waals surface area (Å²) in [5.41, 5.74) is -0.581. The van der Waals surface area contributed by atoms with Gasteiger partial charge in [-0.1, -0.05) is 0 Å². The first-order valence-electron chi connectivity index (χ1n) is 7.44. The molecule has 25 heavy (non-hydrogen) atoms. The van der Waals surface area contributed by atoms with Crippen molar-refractivity contribution in [1.29, 1.82) is 0 Å². The summed E-state index contributed by atoms with van der Waals surface area (Å²) in [5.74, 6) is 0.105. The second-order valence-electron chi connectivity index (χ2n) is 5.29. The Morgan fingerprint density at radius 2 is 1.68 bits per heavy atom. The molecule has 12 heteroatoms. The lowest BCUT2D eigenvalue weighted by atomic mass is 10.3. The van der Waals surface area contributed by atoms with Crippen LogP contribution in [-0.2, 0) is 20.0 Å². The Morgan fingerprint density at radius 3 is 2.16 bits per heavy atom. The van der Waals surface area contributed by atoms with Crippen LogP contribution in [0.25, 0.3) is 0 Å². The summed E-state index contributed by atoms with van der Waals surface area (Å²) < 4.78 is 56.4. The maximum absolute atomic E-state index is 12.8. The molecule has 1 aromatic carbocycles. The summed E-state index contributed by atoms with van der Waals surface area (Å²) in [7, 11) is -6.20. The molecule has 0 amide bonds. The highest BCUT2D eigenvalue weighted by Crippen LogP contribution is 2.31. The Morgan fingerprint density at radius 1 is 1.12 bits per heavy atom. The number of benzene rings is 1. The van der Waals surface area contributed by atoms with Gasteiger partial charge in [-0.2, -0.15) is 8.61 Å². The highest BCUT2D eigenvalue weighted by Gasteiger charge is 2.36. The van der Waals surface area contributed by atoms with Crippen molar-refractivity contribution >= 4 is 25.7 Å². The van der Waals surface area contributed by atoms with E-state index >= 15 is 0 Å². The standard InChI is InChI=1S/C13H19N3O7S2/c1-3-24(19,20)14-6-8-15(9-7-14)25(21,22)13-5-4-11(23-2)10-12(13)16(17)18/h4-5,10H,3,6-9H2,1-2H3. The summed E-state index contributed by atoms with van der Waals surface area (Å²) in [6.45, 7) is 1.41. The van der Waals surface area contributed by atoms with Crippen LogP contribution in [0.5, 0.6) is 5.75 Å². The topological polar surface area (TPSA) is 127 Å². The van der Waals surface area contributed by atoms with E-state index in [-0.39, 0.29) is 37.7 Å². The Labute approximate surface area is 146 Å². The molecule has 0 spiro atoms. The van der Waals surface area contributed by atoms with Crippen LogP contribution in [0.4, 0.5) is 5.69 Å². The molecule has 1 aliphatic rings. The lowest BCUT2D eigenvalue weighted by Crippen LogP contribution is -2.50. The minimum Gasteiger partial charge on any atom is -0.497 e. The molecule has 1 aromatic rings. The Kier molecular flexibility index (Phi) is 5.66. The minimum atomic E-state index is -4.12. The normalized spacial score (nSPS) is 17.4. The van der Waals surface area contributed by atoms with Crippen LogP contribution < -0.4 is 4.74 Å². The molecule has 0 aliphatic carbocycles. The average molecular weight is 393 g/mol. The number of methoxy groups -OCH3 is 1. The number of ether oxygens (including phenoxy) is 1. The van der Waals surface area contributed by atoms with Gasteiger partial charge in [-0.05, 0) is 19.1 Å². The molecule has 140 valence electrons. The summed E-state index contributed by atoms with van der Waals surface area (Å²) in [4.78, 5) is 10.00. The van der Waals surface area contributed by atoms with Gasteiger partial charge in [0, 0.05) is 26.2 Å². The Hall–Kier alpha value is -1.76. The molecular weight excluding hydrogens is 374 g/mol. The number of sulfonamides is 2. The molecule has 1 aliphatic heterocycles. The van der Waals surface area contributed by atoms with Crippen LogP contribution in [-0.4, -0.2) is 69.4 Å². The van der Waals surface area contributed by atoms with Gasteiger partial charge < -0.3 is 4.74 Å². The minimum absolute atomic E-state index is 0.0132. The predicted octanol–water partition coefficient (Wildman–Crippen LogP) is 0.259. The smallest absolute Gasteiger partial charge is 0.293 e. The number of rotatable bonds is 6. The van der Waals surface area contributed by atoms with Crippen molar-refractivity contribution in [2.75, 3.05) is 39.0 Å². The number of piperazine rings is 1. The molecule has 10 nitrogen and oxygen atoms in total. The van der Waals surface area contributed by atoms with Gasteiger partial charge in [0.25, 0.3) is 5.69 Å². The van der Waals surface area contributed by atoms with Gasteiger partial charge in [0.1, 0.15) is 5.75 Å². The first-order valence-corrected chi connectivity index (χ1v) is 10.5. The summed E-state index contributed by atoms with van der Waals surface area (Å²) in [6, 6.07) is 3.50. The zero-order valence-corrected chi connectivity index (χ0v) is 15.4. The van der Waals surface area contributed by atoms with Crippen molar-refractivity contribution in [2.45, 2.75) is 11.8 Å². The van der Waals surface area contributed by atoms with E-state index in [2.05, 4.69) is 0 Å². The van der Waals surface area contributed by atoms with Crippen molar-refractivity contribution < 1.29 is 26.5 Å². The maximum atomic E-state index is 12.8. The van der Waals surface area contributed by atoms with E-state index in [1.54, 1.807) is 0 Å². The van der Waals surface area contributed by atoms with Crippen molar-refractivity contribution in [3.8, 4) is 5.75 Å². The van der Waals surface area contributed by atoms with Crippen molar-refractivity contribution in [2.24, 2.45) is 0 Å². The van der Waals surface area contributed by atoms with Crippen molar-refractivity contribution in [3.05, 3.63) is 28.3 Å². The van der Waals surface area contributed by atoms with Gasteiger partial charge in [0.15, 0.2) is 4.90 Å². The van der Waals surface area contributed by atoms with Gasteiger partial charge in [-0.3, -0.25) is 10.1 Å². The van der Waals surface area contributed by atoms with Crippen molar-refractivity contribution in [1.82, 2.24) is 8.61 Å². The van der Waals surface area contributed by atoms with E-state index < -0.39 is 35.6 Å². The van der Waals surface area contributed by atoms with Crippen LogP contribution in [0.1, 0.15) is 6.92 Å². The summed E-state index contributed by atoms with van der Waals surface area (Å²) in [6.07, 6.45) is 0. The fourth-order valence-corrected chi connectivity index (χ4v) is 5.14. The first kappa shape index (κ1) is 19.6. The average Bonchev–Trinajstić information content (AvgIpc) is 2.61. The highest BCUT2D eigenvalue weighted by atomic mass is 32.2. The number of nitro groups is 1. The first-order chi connectivity index (χ1) is 11.6. The fraction of sp³-hybridized carbons (Fsp3) is 0.538. The molecular formula is C13H19N3O7S2. The Bertz CT molecular complexity index is 860. The molecule has 1 heterocycles. The van der Waals surface area contributed by atoms with Crippen LogP contribution >= 0.6 is 0 Å². The quantitative estimate of drug-likeness (QED) is 0.501. The van der Waals surface area contributed by atoms with Gasteiger partial charge in [0.05, 0.1) is 23.9 Å². The second kappa shape index (κ2) is 7.23. The van der Waals surface area contributed by atoms with E-state index in [1.165, 1.54) is 24.4 Å². The lowest BCUT2D eigenvalue weighted by Gasteiger charge is -2.32. The van der Waals surface area contributed by atoms with Gasteiger partial charge in [-0.15, -0.1) is 0 Å². The molecule has 1 saturated heterocycles. The maximum Gasteiger partial charge on any atom is 0.293 e. The van der Waals surface area contributed by atoms with Gasteiger partial charge in [-0.25, -0.2) is 16.8 Å². The number of nitrogens with zero attached hydrogens (tertiary/aromatic N) is 3. The van der Waals surface area contributed by atoms with E-state index in [0.29, 0.717) is 0 Å².